The molecule has 0 saturated carbocycles. The number of pyridine rings is 6. The van der Waals surface area contributed by atoms with Gasteiger partial charge in [-0.3, -0.25) is 34.5 Å². The number of hydrogen-bond acceptors (Lipinski definition) is 33. The van der Waals surface area contributed by atoms with E-state index in [4.69, 9.17) is 113 Å². The molecule has 0 spiro atoms. The van der Waals surface area contributed by atoms with E-state index in [0.29, 0.717) is 82.0 Å². The minimum absolute atomic E-state index is 0. The molecule has 0 unspecified atom stereocenters. The van der Waals surface area contributed by atoms with Crippen molar-refractivity contribution in [2.45, 2.75) is 98.6 Å². The molecule has 2 aliphatic rings. The predicted molar refractivity (Wildman–Crippen MR) is 449 cm³/mol. The van der Waals surface area contributed by atoms with Crippen LogP contribution in [0.3, 0.4) is 0 Å². The predicted octanol–water partition coefficient (Wildman–Crippen LogP) is 11.0. The van der Waals surface area contributed by atoms with E-state index in [1.165, 1.54) is 82.6 Å². The molecule has 15 heterocycles. The Labute approximate surface area is 804 Å². The first kappa shape index (κ1) is 103. The van der Waals surface area contributed by atoms with Crippen LogP contribution in [0.4, 0.5) is 23.1 Å². The molecule has 48 heteroatoms. The largest absolute Gasteiger partial charge is 0.466 e. The van der Waals surface area contributed by atoms with Gasteiger partial charge in [-0.2, -0.15) is 0 Å². The number of ether oxygens (including phenoxy) is 2. The number of halogens is 6. The zero-order chi connectivity index (χ0) is 90.7. The molecule has 15 rings (SSSR count). The van der Waals surface area contributed by atoms with Crippen molar-refractivity contribution in [2.24, 2.45) is 0 Å². The molecule has 120 heavy (non-hydrogen) atoms. The van der Waals surface area contributed by atoms with Crippen LogP contribution in [0.2, 0.25) is 25.8 Å². The van der Waals surface area contributed by atoms with Crippen LogP contribution in [-0.4, -0.2) is 172 Å². The van der Waals surface area contributed by atoms with Gasteiger partial charge in [0, 0.05) is 184 Å². The fourth-order valence-electron chi connectivity index (χ4n) is 7.11. The van der Waals surface area contributed by atoms with Crippen molar-refractivity contribution in [3.05, 3.63) is 228 Å². The number of nitrogens with one attached hydrogen (secondary N) is 2. The van der Waals surface area contributed by atoms with Crippen LogP contribution in [0.25, 0.3) is 61.9 Å². The molecule has 0 bridgehead atoms. The number of H-pyrrole nitrogens is 2. The molecule has 13 aromatic rings. The van der Waals surface area contributed by atoms with Gasteiger partial charge < -0.3 is 70.8 Å². The van der Waals surface area contributed by atoms with Gasteiger partial charge in [-0.15, -0.1) is 6.20 Å². The van der Waals surface area contributed by atoms with E-state index in [2.05, 4.69) is 138 Å². The number of anilines is 4. The number of carbonyl (C=O) groups is 3. The molecule has 632 valence electrons. The molecular weight excluding hydrogens is 2570 g/mol. The fraction of sp³-hybridized carbons (Fsp3) is 0.236. The molecular formula is C72H79B2BrCl5N24O11W5-. The van der Waals surface area contributed by atoms with Crippen LogP contribution in [0.15, 0.2) is 168 Å². The van der Waals surface area contributed by atoms with Crippen LogP contribution in [0.1, 0.15) is 84.9 Å². The number of aromatic amines is 2. The molecule has 2 saturated heterocycles. The number of esters is 2. The van der Waals surface area contributed by atoms with Crippen molar-refractivity contribution in [3.8, 4) is 0 Å². The minimum Gasteiger partial charge on any atom is -0.466 e. The molecule has 35 nitrogen and oxygen atoms in total. The van der Waals surface area contributed by atoms with Crippen molar-refractivity contribution in [2.75, 3.05) is 37.2 Å². The summed E-state index contributed by atoms with van der Waals surface area (Å²) >= 11 is 31.0. The van der Waals surface area contributed by atoms with E-state index in [0.717, 1.165) is 28.5 Å². The maximum absolute atomic E-state index is 10.8. The zero-order valence-electron chi connectivity index (χ0n) is 71.7. The van der Waals surface area contributed by atoms with Gasteiger partial charge in [0.1, 0.15) is 71.9 Å². The van der Waals surface area contributed by atoms with E-state index >= 15 is 0 Å². The van der Waals surface area contributed by atoms with Crippen molar-refractivity contribution >= 4 is 192 Å². The average molecular weight is 2660 g/mol. The third kappa shape index (κ3) is 41.7. The first-order valence-electron chi connectivity index (χ1n) is 35.8. The van der Waals surface area contributed by atoms with Crippen molar-refractivity contribution in [3.63, 3.8) is 0 Å². The molecule has 13 aromatic heterocycles. The quantitative estimate of drug-likeness (QED) is 0.0239. The van der Waals surface area contributed by atoms with Crippen molar-refractivity contribution in [1.29, 1.82) is 2.67 Å². The molecule has 2 aliphatic heterocycles. The van der Waals surface area contributed by atoms with E-state index in [9.17, 15) is 19.2 Å². The normalized spacial score (nSPS) is 13.2. The van der Waals surface area contributed by atoms with Gasteiger partial charge in [-0.25, -0.2) is 69.4 Å². The van der Waals surface area contributed by atoms with Crippen LogP contribution >= 0.6 is 73.9 Å². The summed E-state index contributed by atoms with van der Waals surface area (Å²) in [4.78, 5) is 127. The summed E-state index contributed by atoms with van der Waals surface area (Å²) in [6.45, 7) is 23.6. The summed E-state index contributed by atoms with van der Waals surface area (Å²) in [5, 5.41) is 1.56. The van der Waals surface area contributed by atoms with E-state index < -0.39 is 33.5 Å². The van der Waals surface area contributed by atoms with Gasteiger partial charge >= 0.3 is 27.2 Å². The van der Waals surface area contributed by atoms with E-state index in [-0.39, 0.29) is 179 Å². The second-order valence-electron chi connectivity index (χ2n) is 23.8. The summed E-state index contributed by atoms with van der Waals surface area (Å²) in [6.07, 6.45) is 15.7. The SMILES string of the molecule is C=CC(=O)OC.COC(=O)/C=C/c1ncc(Cl)nc1N.Cc1ccc(N)c(N)n1.Clc1ccc2ncc(Br)nc2n1.Nc1[c-]ncc(Cl)n1.O=c1ccc2ncc(Cl)nc2[nH]1.[2H]B1OC(C)(C)C(C)(C)O1.[2H]B1OC(C)(C)C(C)(C)O1.[2H]C(C)=O.[2H]c1cnc2ccc(=O)[nH]c2n1.[2H]c1cnc2ccc(C)nc2n1.[2H]c1cnc2ccc(Cl)nc2n1.[W].[W].[W].[W].[W]. The van der Waals surface area contributed by atoms with Crippen LogP contribution in [0, 0.1) is 20.0 Å². The number of aromatic nitrogens is 20. The molecule has 0 radical (unpaired) electrons. The second kappa shape index (κ2) is 58.1. The molecule has 0 atom stereocenters. The van der Waals surface area contributed by atoms with Gasteiger partial charge in [0.15, 0.2) is 34.1 Å². The third-order valence-corrected chi connectivity index (χ3v) is 15.8. The van der Waals surface area contributed by atoms with Crippen LogP contribution < -0.4 is 34.1 Å². The number of nitrogen functional groups attached to an aromatic ring is 4. The van der Waals surface area contributed by atoms with E-state index in [1.54, 1.807) is 48.7 Å². The number of rotatable bonds is 3. The number of nitrogens with two attached hydrogens (primary N) is 4. The Morgan fingerprint density at radius 2 is 0.933 bits per heavy atom. The Morgan fingerprint density at radius 3 is 1.38 bits per heavy atom. The maximum atomic E-state index is 10.8. The Balaban J connectivity index is 0. The maximum Gasteiger partial charge on any atom is 0.439 e. The number of nitrogens with zero attached hydrogens (tertiary/aromatic N) is 18. The number of methoxy groups -OCH3 is 2. The van der Waals surface area contributed by atoms with Gasteiger partial charge in [-0.05, 0) is 159 Å². The molecule has 2 fully saturated rings. The minimum atomic E-state index is -0.815. The van der Waals surface area contributed by atoms with Crippen LogP contribution in [-0.2, 0) is 148 Å². The van der Waals surface area contributed by atoms with Gasteiger partial charge in [0.2, 0.25) is 11.1 Å². The number of aldehydes is 1. The number of fused-ring (bicyclic) bond motifs is 5. The summed E-state index contributed by atoms with van der Waals surface area (Å²) in [7, 11) is 0.961. The Morgan fingerprint density at radius 1 is 0.517 bits per heavy atom. The first-order valence-corrected chi connectivity index (χ1v) is 35.4. The molecule has 10 N–H and O–H groups in total. The third-order valence-electron chi connectivity index (χ3n) is 14.4. The number of aryl methyl sites for hydroxylation is 2. The Hall–Kier alpha value is -8.01. The van der Waals surface area contributed by atoms with Crippen LogP contribution in [0.5, 0.6) is 0 Å². The zero-order valence-corrected chi connectivity index (χ0v) is 85.8. The molecule has 0 aliphatic carbocycles. The van der Waals surface area contributed by atoms with E-state index in [1.807, 2.05) is 87.4 Å². The summed E-state index contributed by atoms with van der Waals surface area (Å²) in [6, 6.07) is 20.1. The summed E-state index contributed by atoms with van der Waals surface area (Å²) < 4.78 is 71.9. The fourth-order valence-corrected chi connectivity index (χ4v) is 8.08. The topological polar surface area (TPSA) is 508 Å². The van der Waals surface area contributed by atoms with Gasteiger partial charge in [-0.1, -0.05) is 70.8 Å². The number of carbonyl (C=O) groups excluding carboxylic acids is 3. The smallest absolute Gasteiger partial charge is 0.439 e. The van der Waals surface area contributed by atoms with Gasteiger partial charge in [0.25, 0.3) is 0 Å². The Kier molecular flexibility index (Phi) is 49.7. The van der Waals surface area contributed by atoms with Gasteiger partial charge in [0.05, 0.1) is 72.8 Å². The first-order chi connectivity index (χ1) is 56.6. The second-order valence-corrected chi connectivity index (χ2v) is 26.6. The average Bonchev–Trinajstić information content (AvgIpc) is 1.65. The standard InChI is InChI=1S/C8H8ClN3O2.C8H7N3.C7H3BrClN3.C7H4ClN3O.C7H4ClN3.C7H5N3O.2C6H13BO2.C6H9N3.C4H3ClN3.C4H6O2.C2H4O.5W/c1-14-7(13)3-2-5-8(10)12-6(9)4-11-5;1-6-2-3-7-8(11-6)10-5-4-9-7;8-5-3-10-4-1-2-6(9)12-7(4)11-5;8-5-3-9-4-1-2-6(12)11-7(4)10-5;8-6-2-1-5-7(11-6)10-4-3-9-5;11-6-2-1-5-7(10-6)9-4-3-8-5;2*1-5(2)6(3,4)9-7-8-5;1-4-2-3-5(7)6(8)9-4;5-3-1-7-2-4(6)8-3;1-3-4(5)6-2;1-2-3;;;;;/h2-4H,1H3,(H2,10,12);2-5H,1H3;1-3H;1-3H,(H,10,11,12);1-4H;1-4H,(H,9,10,11);2*7H,1-4H3;2-3H,7H2,1H3,(H2,8,9);1H,(H2,6,8);3H,1H2,2H3;2H,1H3;;;;;/q;;;;;;;;;-1;;;;;;;/b3-2+;;;;;;;;;;;;;;;;/i;5D;;;2*4D;2*7D;;;;2D;;;;;. The van der Waals surface area contributed by atoms with Crippen molar-refractivity contribution < 1.29 is 153 Å². The molecule has 0 amide bonds. The van der Waals surface area contributed by atoms with Crippen molar-refractivity contribution in [1.82, 2.24) is 99.7 Å². The molecule has 0 aromatic carbocycles. The Bertz CT molecular complexity index is 5390. The summed E-state index contributed by atoms with van der Waals surface area (Å²) in [5.41, 5.74) is 27.9. The monoisotopic (exact) mass is 2660 g/mol. The summed E-state index contributed by atoms with van der Waals surface area (Å²) in [5.74, 6) is -0.0821. The number of hydrogen-bond donors (Lipinski definition) is 6.